The monoisotopic (exact) mass is 219 g/mol. The predicted octanol–water partition coefficient (Wildman–Crippen LogP) is 3.68. The quantitative estimate of drug-likeness (QED) is 0.807. The zero-order valence-corrected chi connectivity index (χ0v) is 10.8. The van der Waals surface area contributed by atoms with Gasteiger partial charge in [-0.05, 0) is 42.5 Å². The average molecular weight is 219 g/mol. The Morgan fingerprint density at radius 1 is 1.12 bits per heavy atom. The predicted molar refractivity (Wildman–Crippen MR) is 68.6 cm³/mol. The van der Waals surface area contributed by atoms with Gasteiger partial charge in [0.25, 0.3) is 0 Å². The zero-order chi connectivity index (χ0) is 12.3. The molecule has 0 aliphatic rings. The number of carbonyl (C=O) groups excluding carboxylic acids is 1. The van der Waals surface area contributed by atoms with Crippen LogP contribution in [0.15, 0.2) is 18.2 Å². The van der Waals surface area contributed by atoms with Crippen LogP contribution in [0.4, 0.5) is 5.69 Å². The molecule has 0 aliphatic carbocycles. The number of anilines is 1. The van der Waals surface area contributed by atoms with Gasteiger partial charge in [-0.25, -0.2) is 0 Å². The van der Waals surface area contributed by atoms with Crippen molar-refractivity contribution in [3.05, 3.63) is 29.3 Å². The number of aryl methyl sites for hydroxylation is 2. The van der Waals surface area contributed by atoms with Gasteiger partial charge in [0.15, 0.2) is 0 Å². The molecule has 2 heteroatoms. The minimum absolute atomic E-state index is 0.0307. The van der Waals surface area contributed by atoms with E-state index in [0.29, 0.717) is 6.42 Å². The molecule has 1 aromatic rings. The van der Waals surface area contributed by atoms with Crippen LogP contribution in [-0.4, -0.2) is 5.91 Å². The Morgan fingerprint density at radius 3 is 2.06 bits per heavy atom. The van der Waals surface area contributed by atoms with Crippen molar-refractivity contribution in [3.63, 3.8) is 0 Å². The number of carbonyl (C=O) groups is 1. The van der Waals surface area contributed by atoms with E-state index >= 15 is 0 Å². The van der Waals surface area contributed by atoms with Crippen molar-refractivity contribution >= 4 is 11.6 Å². The maximum Gasteiger partial charge on any atom is 0.224 e. The summed E-state index contributed by atoms with van der Waals surface area (Å²) < 4.78 is 0. The molecule has 0 saturated carbocycles. The average Bonchev–Trinajstić information content (AvgIpc) is 1.96. The molecule has 0 unspecified atom stereocenters. The second kappa shape index (κ2) is 4.69. The van der Waals surface area contributed by atoms with Crippen molar-refractivity contribution in [1.29, 1.82) is 0 Å². The van der Waals surface area contributed by atoms with Gasteiger partial charge in [-0.2, -0.15) is 0 Å². The fraction of sp³-hybridized carbons (Fsp3) is 0.500. The van der Waals surface area contributed by atoms with Crippen LogP contribution >= 0.6 is 0 Å². The molecular weight excluding hydrogens is 198 g/mol. The van der Waals surface area contributed by atoms with Crippen LogP contribution in [0.3, 0.4) is 0 Å². The second-order valence-electron chi connectivity index (χ2n) is 5.66. The first kappa shape index (κ1) is 12.8. The molecule has 0 heterocycles. The molecule has 0 aromatic heterocycles. The fourth-order valence-electron chi connectivity index (χ4n) is 1.73. The Kier molecular flexibility index (Phi) is 3.74. The Labute approximate surface area is 98.1 Å². The summed E-state index contributed by atoms with van der Waals surface area (Å²) in [5, 5.41) is 2.94. The van der Waals surface area contributed by atoms with Gasteiger partial charge >= 0.3 is 0 Å². The van der Waals surface area contributed by atoms with E-state index in [1.54, 1.807) is 0 Å². The highest BCUT2D eigenvalue weighted by Gasteiger charge is 2.15. The van der Waals surface area contributed by atoms with Crippen molar-refractivity contribution in [1.82, 2.24) is 0 Å². The van der Waals surface area contributed by atoms with Crippen molar-refractivity contribution < 1.29 is 4.79 Å². The molecule has 1 amide bonds. The first-order valence-corrected chi connectivity index (χ1v) is 5.64. The summed E-state index contributed by atoms with van der Waals surface area (Å²) in [5.41, 5.74) is 3.27. The van der Waals surface area contributed by atoms with E-state index in [0.717, 1.165) is 5.69 Å². The van der Waals surface area contributed by atoms with Crippen LogP contribution in [0.1, 0.15) is 38.3 Å². The Bertz CT molecular complexity index is 368. The van der Waals surface area contributed by atoms with Crippen molar-refractivity contribution in [2.24, 2.45) is 5.41 Å². The number of hydrogen-bond acceptors (Lipinski definition) is 1. The Balaban J connectivity index is 2.70. The lowest BCUT2D eigenvalue weighted by atomic mass is 9.92. The summed E-state index contributed by atoms with van der Waals surface area (Å²) in [7, 11) is 0. The van der Waals surface area contributed by atoms with Gasteiger partial charge in [0.1, 0.15) is 0 Å². The number of hydrogen-bond donors (Lipinski definition) is 1. The van der Waals surface area contributed by atoms with Crippen LogP contribution in [0.5, 0.6) is 0 Å². The summed E-state index contributed by atoms with van der Waals surface area (Å²) in [6, 6.07) is 6.08. The zero-order valence-electron chi connectivity index (χ0n) is 10.8. The molecule has 88 valence electrons. The highest BCUT2D eigenvalue weighted by molar-refractivity contribution is 5.91. The molecule has 0 saturated heterocycles. The van der Waals surface area contributed by atoms with Crippen LogP contribution in [-0.2, 0) is 4.79 Å². The van der Waals surface area contributed by atoms with E-state index in [4.69, 9.17) is 0 Å². The topological polar surface area (TPSA) is 29.1 Å². The maximum atomic E-state index is 11.7. The van der Waals surface area contributed by atoms with Gasteiger partial charge in [-0.3, -0.25) is 4.79 Å². The first-order chi connectivity index (χ1) is 7.26. The molecule has 0 aliphatic heterocycles. The fourth-order valence-corrected chi connectivity index (χ4v) is 1.73. The molecule has 0 bridgehead atoms. The third kappa shape index (κ3) is 4.47. The van der Waals surface area contributed by atoms with E-state index in [2.05, 4.69) is 32.2 Å². The van der Waals surface area contributed by atoms with Gasteiger partial charge in [0, 0.05) is 12.1 Å². The number of rotatable bonds is 2. The van der Waals surface area contributed by atoms with Gasteiger partial charge in [0.05, 0.1) is 0 Å². The summed E-state index contributed by atoms with van der Waals surface area (Å²) >= 11 is 0. The standard InChI is InChI=1S/C14H21NO/c1-10-6-11(2)8-12(7-10)15-13(16)9-14(3,4)5/h6-8H,9H2,1-5H3,(H,15,16). The summed E-state index contributed by atoms with van der Waals surface area (Å²) in [6.07, 6.45) is 0.542. The van der Waals surface area contributed by atoms with E-state index in [-0.39, 0.29) is 11.3 Å². The van der Waals surface area contributed by atoms with Crippen molar-refractivity contribution in [2.45, 2.75) is 41.0 Å². The van der Waals surface area contributed by atoms with Crippen LogP contribution < -0.4 is 5.32 Å². The number of amides is 1. The van der Waals surface area contributed by atoms with Gasteiger partial charge in [-0.1, -0.05) is 26.8 Å². The Hall–Kier alpha value is -1.31. The SMILES string of the molecule is Cc1cc(C)cc(NC(=O)CC(C)(C)C)c1. The molecule has 2 nitrogen and oxygen atoms in total. The summed E-state index contributed by atoms with van der Waals surface area (Å²) in [5.74, 6) is 0.0810. The van der Waals surface area contributed by atoms with Crippen molar-refractivity contribution in [2.75, 3.05) is 5.32 Å². The molecule has 0 radical (unpaired) electrons. The molecule has 0 fully saturated rings. The van der Waals surface area contributed by atoms with Gasteiger partial charge in [-0.15, -0.1) is 0 Å². The molecule has 1 aromatic carbocycles. The van der Waals surface area contributed by atoms with Crippen molar-refractivity contribution in [3.8, 4) is 0 Å². The lowest BCUT2D eigenvalue weighted by Gasteiger charge is -2.17. The molecular formula is C14H21NO. The smallest absolute Gasteiger partial charge is 0.224 e. The minimum atomic E-state index is 0.0307. The molecule has 1 rings (SSSR count). The first-order valence-electron chi connectivity index (χ1n) is 5.64. The highest BCUT2D eigenvalue weighted by Crippen LogP contribution is 2.20. The lowest BCUT2D eigenvalue weighted by molar-refractivity contribution is -0.117. The summed E-state index contributed by atoms with van der Waals surface area (Å²) in [4.78, 5) is 11.7. The number of benzene rings is 1. The van der Waals surface area contributed by atoms with Gasteiger partial charge in [0.2, 0.25) is 5.91 Å². The van der Waals surface area contributed by atoms with Crippen LogP contribution in [0, 0.1) is 19.3 Å². The van der Waals surface area contributed by atoms with E-state index in [1.807, 2.05) is 26.0 Å². The largest absolute Gasteiger partial charge is 0.326 e. The molecule has 16 heavy (non-hydrogen) atoms. The van der Waals surface area contributed by atoms with E-state index in [1.165, 1.54) is 11.1 Å². The molecule has 0 spiro atoms. The van der Waals surface area contributed by atoms with Gasteiger partial charge < -0.3 is 5.32 Å². The van der Waals surface area contributed by atoms with E-state index in [9.17, 15) is 4.79 Å². The third-order valence-corrected chi connectivity index (χ3v) is 2.20. The Morgan fingerprint density at radius 2 is 1.62 bits per heavy atom. The highest BCUT2D eigenvalue weighted by atomic mass is 16.1. The van der Waals surface area contributed by atoms with Crippen LogP contribution in [0.25, 0.3) is 0 Å². The maximum absolute atomic E-state index is 11.7. The third-order valence-electron chi connectivity index (χ3n) is 2.20. The normalized spacial score (nSPS) is 11.3. The second-order valence-corrected chi connectivity index (χ2v) is 5.66. The lowest BCUT2D eigenvalue weighted by Crippen LogP contribution is -2.19. The molecule has 0 atom stereocenters. The van der Waals surface area contributed by atoms with Crippen LogP contribution in [0.2, 0.25) is 0 Å². The van der Waals surface area contributed by atoms with E-state index < -0.39 is 0 Å². The minimum Gasteiger partial charge on any atom is -0.326 e. The summed E-state index contributed by atoms with van der Waals surface area (Å²) in [6.45, 7) is 10.3. The number of nitrogens with one attached hydrogen (secondary N) is 1. The molecule has 1 N–H and O–H groups in total.